The molecule has 18 heavy (non-hydrogen) atoms. The Morgan fingerprint density at radius 1 is 1.22 bits per heavy atom. The van der Waals surface area contributed by atoms with Gasteiger partial charge >= 0.3 is 0 Å². The van der Waals surface area contributed by atoms with E-state index in [-0.39, 0.29) is 6.10 Å². The van der Waals surface area contributed by atoms with Crippen LogP contribution >= 0.6 is 11.6 Å². The summed E-state index contributed by atoms with van der Waals surface area (Å²) in [5.74, 6) is 0. The van der Waals surface area contributed by atoms with Crippen LogP contribution in [-0.4, -0.2) is 19.2 Å². The fourth-order valence-electron chi connectivity index (χ4n) is 2.38. The molecular weight excluding hydrogens is 246 g/mol. The first-order chi connectivity index (χ1) is 8.44. The maximum atomic E-state index is 6.18. The molecule has 1 aliphatic heterocycles. The summed E-state index contributed by atoms with van der Waals surface area (Å²) in [4.78, 5) is 0. The van der Waals surface area contributed by atoms with E-state index in [9.17, 15) is 0 Å². The number of halogens is 1. The van der Waals surface area contributed by atoms with Gasteiger partial charge < -0.3 is 10.1 Å². The number of hydrogen-bond acceptors (Lipinski definition) is 2. The third-order valence-electron chi connectivity index (χ3n) is 3.14. The molecule has 0 aliphatic carbocycles. The van der Waals surface area contributed by atoms with Gasteiger partial charge in [0.05, 0.1) is 12.2 Å². The SMILES string of the molecule is CC(C)(C)CC1CNCC(c2ccc(Cl)cc2)O1. The van der Waals surface area contributed by atoms with Gasteiger partial charge in [-0.3, -0.25) is 0 Å². The van der Waals surface area contributed by atoms with Crippen molar-refractivity contribution in [2.45, 2.75) is 39.4 Å². The van der Waals surface area contributed by atoms with Crippen LogP contribution in [0.1, 0.15) is 38.9 Å². The Kier molecular flexibility index (Phi) is 4.31. The van der Waals surface area contributed by atoms with Gasteiger partial charge in [-0.15, -0.1) is 0 Å². The lowest BCUT2D eigenvalue weighted by Crippen LogP contribution is -2.42. The summed E-state index contributed by atoms with van der Waals surface area (Å²) >= 11 is 5.91. The number of benzene rings is 1. The highest BCUT2D eigenvalue weighted by molar-refractivity contribution is 6.30. The molecule has 0 saturated carbocycles. The quantitative estimate of drug-likeness (QED) is 0.880. The fraction of sp³-hybridized carbons (Fsp3) is 0.600. The standard InChI is InChI=1S/C15H22ClNO/c1-15(2,3)8-13-9-17-10-14(18-13)11-4-6-12(16)7-5-11/h4-7,13-14,17H,8-10H2,1-3H3. The Bertz CT molecular complexity index is 382. The van der Waals surface area contributed by atoms with Crippen molar-refractivity contribution in [3.63, 3.8) is 0 Å². The molecule has 1 fully saturated rings. The minimum Gasteiger partial charge on any atom is -0.368 e. The summed E-state index contributed by atoms with van der Waals surface area (Å²) in [5.41, 5.74) is 1.50. The van der Waals surface area contributed by atoms with Crippen LogP contribution in [0.5, 0.6) is 0 Å². The van der Waals surface area contributed by atoms with Gasteiger partial charge in [0.1, 0.15) is 0 Å². The van der Waals surface area contributed by atoms with Crippen LogP contribution in [-0.2, 0) is 4.74 Å². The smallest absolute Gasteiger partial charge is 0.0953 e. The second-order valence-electron chi connectivity index (χ2n) is 6.22. The van der Waals surface area contributed by atoms with E-state index in [0.29, 0.717) is 11.5 Å². The van der Waals surface area contributed by atoms with Gasteiger partial charge in [-0.25, -0.2) is 0 Å². The van der Waals surface area contributed by atoms with Gasteiger partial charge in [0, 0.05) is 18.1 Å². The second-order valence-corrected chi connectivity index (χ2v) is 6.66. The topological polar surface area (TPSA) is 21.3 Å². The lowest BCUT2D eigenvalue weighted by Gasteiger charge is -2.34. The maximum absolute atomic E-state index is 6.18. The van der Waals surface area contributed by atoms with Crippen LogP contribution in [0.3, 0.4) is 0 Å². The number of rotatable bonds is 2. The third kappa shape index (κ3) is 3.98. The van der Waals surface area contributed by atoms with Crippen LogP contribution in [0.25, 0.3) is 0 Å². The second kappa shape index (κ2) is 5.60. The van der Waals surface area contributed by atoms with Crippen molar-refractivity contribution in [3.05, 3.63) is 34.9 Å². The van der Waals surface area contributed by atoms with Crippen molar-refractivity contribution < 1.29 is 4.74 Å². The number of morpholine rings is 1. The van der Waals surface area contributed by atoms with Gasteiger partial charge in [0.2, 0.25) is 0 Å². The van der Waals surface area contributed by atoms with Crippen molar-refractivity contribution >= 4 is 11.6 Å². The summed E-state index contributed by atoms with van der Waals surface area (Å²) in [6.07, 6.45) is 1.51. The van der Waals surface area contributed by atoms with Gasteiger partial charge in [0.25, 0.3) is 0 Å². The van der Waals surface area contributed by atoms with E-state index in [1.54, 1.807) is 0 Å². The normalized spacial score (nSPS) is 25.1. The fourth-order valence-corrected chi connectivity index (χ4v) is 2.51. The zero-order chi connectivity index (χ0) is 13.2. The molecule has 2 nitrogen and oxygen atoms in total. The van der Waals surface area contributed by atoms with E-state index in [1.807, 2.05) is 24.3 Å². The average Bonchev–Trinajstić information content (AvgIpc) is 2.28. The maximum Gasteiger partial charge on any atom is 0.0953 e. The Balaban J connectivity index is 2.00. The van der Waals surface area contributed by atoms with Crippen molar-refractivity contribution in [2.24, 2.45) is 5.41 Å². The van der Waals surface area contributed by atoms with E-state index in [0.717, 1.165) is 24.5 Å². The van der Waals surface area contributed by atoms with Gasteiger partial charge in [-0.1, -0.05) is 44.5 Å². The Morgan fingerprint density at radius 2 is 1.89 bits per heavy atom. The predicted octanol–water partition coefficient (Wildman–Crippen LogP) is 3.81. The van der Waals surface area contributed by atoms with Crippen LogP contribution in [0.2, 0.25) is 5.02 Å². The van der Waals surface area contributed by atoms with Crippen LogP contribution in [0.15, 0.2) is 24.3 Å². The van der Waals surface area contributed by atoms with Gasteiger partial charge in [-0.05, 0) is 29.5 Å². The van der Waals surface area contributed by atoms with E-state index in [1.165, 1.54) is 5.56 Å². The molecule has 2 atom stereocenters. The molecule has 0 bridgehead atoms. The molecular formula is C15H22ClNO. The largest absolute Gasteiger partial charge is 0.368 e. The van der Waals surface area contributed by atoms with Crippen molar-refractivity contribution in [1.82, 2.24) is 5.32 Å². The van der Waals surface area contributed by atoms with Crippen molar-refractivity contribution in [2.75, 3.05) is 13.1 Å². The number of ether oxygens (including phenoxy) is 1. The molecule has 100 valence electrons. The van der Waals surface area contributed by atoms with Crippen LogP contribution < -0.4 is 5.32 Å². The first-order valence-electron chi connectivity index (χ1n) is 6.56. The average molecular weight is 268 g/mol. The van der Waals surface area contributed by atoms with Crippen molar-refractivity contribution in [3.8, 4) is 0 Å². The van der Waals surface area contributed by atoms with E-state index < -0.39 is 0 Å². The summed E-state index contributed by atoms with van der Waals surface area (Å²) in [6.45, 7) is 8.58. The summed E-state index contributed by atoms with van der Waals surface area (Å²) in [5, 5.41) is 4.23. The minimum atomic E-state index is 0.142. The predicted molar refractivity (Wildman–Crippen MR) is 76.0 cm³/mol. The molecule has 3 heteroatoms. The first kappa shape index (κ1) is 13.9. The Labute approximate surface area is 115 Å². The lowest BCUT2D eigenvalue weighted by molar-refractivity contribution is -0.0552. The molecule has 2 rings (SSSR count). The van der Waals surface area contributed by atoms with E-state index in [4.69, 9.17) is 16.3 Å². The highest BCUT2D eigenvalue weighted by Crippen LogP contribution is 2.29. The minimum absolute atomic E-state index is 0.142. The van der Waals surface area contributed by atoms with Crippen molar-refractivity contribution in [1.29, 1.82) is 0 Å². The molecule has 0 spiro atoms. The molecule has 1 aromatic rings. The van der Waals surface area contributed by atoms with Gasteiger partial charge in [-0.2, -0.15) is 0 Å². The van der Waals surface area contributed by atoms with Crippen LogP contribution in [0, 0.1) is 5.41 Å². The van der Waals surface area contributed by atoms with E-state index >= 15 is 0 Å². The van der Waals surface area contributed by atoms with Crippen LogP contribution in [0.4, 0.5) is 0 Å². The zero-order valence-corrected chi connectivity index (χ0v) is 12.1. The number of nitrogens with one attached hydrogen (secondary N) is 1. The molecule has 1 heterocycles. The third-order valence-corrected chi connectivity index (χ3v) is 3.39. The summed E-state index contributed by atoms with van der Waals surface area (Å²) in [7, 11) is 0. The summed E-state index contributed by atoms with van der Waals surface area (Å²) in [6, 6.07) is 7.95. The molecule has 1 aromatic carbocycles. The summed E-state index contributed by atoms with van der Waals surface area (Å²) < 4.78 is 6.18. The molecule has 0 radical (unpaired) electrons. The monoisotopic (exact) mass is 267 g/mol. The zero-order valence-electron chi connectivity index (χ0n) is 11.4. The highest BCUT2D eigenvalue weighted by Gasteiger charge is 2.26. The molecule has 0 aromatic heterocycles. The molecule has 1 saturated heterocycles. The molecule has 0 amide bonds. The first-order valence-corrected chi connectivity index (χ1v) is 6.93. The lowest BCUT2D eigenvalue weighted by atomic mass is 9.88. The molecule has 1 N–H and O–H groups in total. The molecule has 2 unspecified atom stereocenters. The van der Waals surface area contributed by atoms with E-state index in [2.05, 4.69) is 26.1 Å². The number of hydrogen-bond donors (Lipinski definition) is 1. The highest BCUT2D eigenvalue weighted by atomic mass is 35.5. The Morgan fingerprint density at radius 3 is 2.50 bits per heavy atom. The Hall–Kier alpha value is -0.570. The van der Waals surface area contributed by atoms with Gasteiger partial charge in [0.15, 0.2) is 0 Å². The molecule has 1 aliphatic rings.